The molecular formula is C8H8N3OSi. The monoisotopic (exact) mass is 190 g/mol. The first-order valence-corrected chi connectivity index (χ1v) is 3.98. The number of hydrogen-bond donors (Lipinski definition) is 1. The molecule has 1 aromatic carbocycles. The summed E-state index contributed by atoms with van der Waals surface area (Å²) in [5.74, 6) is 0. The number of rotatable bonds is 1. The Hall–Kier alpha value is -1.62. The lowest BCUT2D eigenvalue weighted by molar-refractivity contribution is 0.537. The Balaban J connectivity index is 0.000000184. The topological polar surface area (TPSA) is 50.8 Å². The van der Waals surface area contributed by atoms with Crippen molar-refractivity contribution in [3.63, 3.8) is 0 Å². The van der Waals surface area contributed by atoms with Crippen molar-refractivity contribution < 1.29 is 4.43 Å². The summed E-state index contributed by atoms with van der Waals surface area (Å²) in [5, 5.41) is 10.3. The van der Waals surface area contributed by atoms with Crippen LogP contribution in [0.25, 0.3) is 11.0 Å². The lowest BCUT2D eigenvalue weighted by Crippen LogP contribution is -1.63. The second kappa shape index (κ2) is 5.10. The smallest absolute Gasteiger partial charge is 0.340 e. The standard InChI is InChI=1S/C6H5N3.C2H3OSi/c1-2-4-6-5(3-1)7-9-8-6;1-2-3-4/h1-4H,(H,7,8,9);2H,1H2. The van der Waals surface area contributed by atoms with Gasteiger partial charge < -0.3 is 4.43 Å². The molecule has 0 spiro atoms. The fraction of sp³-hybridized carbons (Fsp3) is 0. The van der Waals surface area contributed by atoms with E-state index in [2.05, 4.69) is 36.9 Å². The first-order chi connectivity index (χ1) is 6.38. The molecular weight excluding hydrogens is 182 g/mol. The van der Waals surface area contributed by atoms with Crippen LogP contribution in [0.2, 0.25) is 0 Å². The van der Waals surface area contributed by atoms with Crippen LogP contribution >= 0.6 is 0 Å². The zero-order valence-electron chi connectivity index (χ0n) is 6.90. The molecule has 0 amide bonds. The Morgan fingerprint density at radius 3 is 2.15 bits per heavy atom. The zero-order valence-corrected chi connectivity index (χ0v) is 7.90. The summed E-state index contributed by atoms with van der Waals surface area (Å²) in [6, 6.07) is 7.70. The number of nitrogens with one attached hydrogen (secondary N) is 1. The maximum absolute atomic E-state index is 4.11. The van der Waals surface area contributed by atoms with Crippen LogP contribution in [0, 0.1) is 0 Å². The summed E-state index contributed by atoms with van der Waals surface area (Å²) in [4.78, 5) is 0. The van der Waals surface area contributed by atoms with Gasteiger partial charge in [-0.15, -0.1) is 0 Å². The van der Waals surface area contributed by atoms with Gasteiger partial charge in [-0.2, -0.15) is 15.4 Å². The second-order valence-electron chi connectivity index (χ2n) is 2.10. The number of benzene rings is 1. The molecule has 65 valence electrons. The summed E-state index contributed by atoms with van der Waals surface area (Å²) >= 11 is 0. The van der Waals surface area contributed by atoms with Crippen molar-refractivity contribution in [3.05, 3.63) is 37.1 Å². The van der Waals surface area contributed by atoms with Gasteiger partial charge in [0.05, 0.1) is 6.26 Å². The van der Waals surface area contributed by atoms with Crippen LogP contribution in [0.3, 0.4) is 0 Å². The van der Waals surface area contributed by atoms with Crippen molar-refractivity contribution in [2.24, 2.45) is 0 Å². The van der Waals surface area contributed by atoms with Gasteiger partial charge in [-0.25, -0.2) is 0 Å². The van der Waals surface area contributed by atoms with Crippen LogP contribution in [0.15, 0.2) is 37.1 Å². The van der Waals surface area contributed by atoms with E-state index >= 15 is 0 Å². The predicted molar refractivity (Wildman–Crippen MR) is 50.9 cm³/mol. The quantitative estimate of drug-likeness (QED) is 0.543. The Bertz CT molecular complexity index is 344. The van der Waals surface area contributed by atoms with Crippen molar-refractivity contribution in [2.45, 2.75) is 0 Å². The minimum atomic E-state index is 0.914. The van der Waals surface area contributed by atoms with Crippen LogP contribution in [0.4, 0.5) is 0 Å². The number of para-hydroxylation sites is 2. The van der Waals surface area contributed by atoms with Crippen LogP contribution in [-0.4, -0.2) is 25.9 Å². The van der Waals surface area contributed by atoms with E-state index < -0.39 is 0 Å². The fourth-order valence-corrected chi connectivity index (χ4v) is 0.786. The maximum atomic E-state index is 4.11. The molecule has 0 saturated carbocycles. The highest BCUT2D eigenvalue weighted by molar-refractivity contribution is 5.98. The largest absolute Gasteiger partial charge is 0.546 e. The highest BCUT2D eigenvalue weighted by Crippen LogP contribution is 2.03. The van der Waals surface area contributed by atoms with Gasteiger partial charge in [-0.05, 0) is 12.1 Å². The molecule has 3 radical (unpaired) electrons. The van der Waals surface area contributed by atoms with Crippen molar-refractivity contribution in [2.75, 3.05) is 0 Å². The number of aromatic amines is 1. The molecule has 0 aliphatic rings. The molecule has 0 atom stereocenters. The Kier molecular flexibility index (Phi) is 3.71. The maximum Gasteiger partial charge on any atom is 0.340 e. The molecule has 13 heavy (non-hydrogen) atoms. The van der Waals surface area contributed by atoms with E-state index in [4.69, 9.17) is 0 Å². The first kappa shape index (κ1) is 9.46. The number of aromatic nitrogens is 3. The SMILES string of the molecule is C=CO[Si].c1ccc2n[nH]nc2c1. The molecule has 0 unspecified atom stereocenters. The van der Waals surface area contributed by atoms with Gasteiger partial charge in [0.1, 0.15) is 11.0 Å². The first-order valence-electron chi connectivity index (χ1n) is 3.57. The van der Waals surface area contributed by atoms with Crippen LogP contribution < -0.4 is 0 Å². The number of H-pyrrole nitrogens is 1. The third kappa shape index (κ3) is 2.71. The molecule has 1 aromatic heterocycles. The molecule has 0 saturated heterocycles. The Morgan fingerprint density at radius 2 is 1.77 bits per heavy atom. The normalized spacial score (nSPS) is 8.69. The summed E-state index contributed by atoms with van der Waals surface area (Å²) in [6.07, 6.45) is 1.29. The summed E-state index contributed by atoms with van der Waals surface area (Å²) in [5.41, 5.74) is 1.83. The summed E-state index contributed by atoms with van der Waals surface area (Å²) < 4.78 is 4.11. The van der Waals surface area contributed by atoms with Gasteiger partial charge in [0, 0.05) is 0 Å². The van der Waals surface area contributed by atoms with E-state index in [0.717, 1.165) is 11.0 Å². The molecule has 0 aliphatic heterocycles. The molecule has 1 heterocycles. The Morgan fingerprint density at radius 1 is 1.31 bits per heavy atom. The lowest BCUT2D eigenvalue weighted by Gasteiger charge is -1.78. The van der Waals surface area contributed by atoms with Gasteiger partial charge >= 0.3 is 10.5 Å². The minimum absolute atomic E-state index is 0.914. The average molecular weight is 190 g/mol. The molecule has 0 fully saturated rings. The molecule has 5 heteroatoms. The van der Waals surface area contributed by atoms with Crippen molar-refractivity contribution >= 4 is 21.5 Å². The van der Waals surface area contributed by atoms with E-state index in [9.17, 15) is 0 Å². The highest BCUT2D eigenvalue weighted by Gasteiger charge is 1.90. The molecule has 4 nitrogen and oxygen atoms in total. The van der Waals surface area contributed by atoms with Crippen molar-refractivity contribution in [1.82, 2.24) is 15.4 Å². The van der Waals surface area contributed by atoms with Crippen molar-refractivity contribution in [1.29, 1.82) is 0 Å². The molecule has 0 aliphatic carbocycles. The third-order valence-electron chi connectivity index (χ3n) is 1.31. The second-order valence-corrected chi connectivity index (χ2v) is 2.33. The predicted octanol–water partition coefficient (Wildman–Crippen LogP) is 1.19. The number of fused-ring (bicyclic) bond motifs is 1. The van der Waals surface area contributed by atoms with Gasteiger partial charge in [-0.1, -0.05) is 18.7 Å². The van der Waals surface area contributed by atoms with Gasteiger partial charge in [-0.3, -0.25) is 0 Å². The number of nitrogens with zero attached hydrogens (tertiary/aromatic N) is 2. The van der Waals surface area contributed by atoms with E-state index in [-0.39, 0.29) is 0 Å². The van der Waals surface area contributed by atoms with Gasteiger partial charge in [0.15, 0.2) is 0 Å². The molecule has 2 rings (SSSR count). The molecule has 0 bridgehead atoms. The van der Waals surface area contributed by atoms with E-state index in [1.165, 1.54) is 6.26 Å². The summed E-state index contributed by atoms with van der Waals surface area (Å²) in [7, 11) is 2.67. The zero-order chi connectivity index (χ0) is 9.52. The summed E-state index contributed by atoms with van der Waals surface area (Å²) in [6.45, 7) is 3.21. The minimum Gasteiger partial charge on any atom is -0.546 e. The van der Waals surface area contributed by atoms with E-state index in [1.54, 1.807) is 0 Å². The van der Waals surface area contributed by atoms with Gasteiger partial charge in [0.2, 0.25) is 0 Å². The van der Waals surface area contributed by atoms with Gasteiger partial charge in [0.25, 0.3) is 0 Å². The van der Waals surface area contributed by atoms with Crippen LogP contribution in [0.5, 0.6) is 0 Å². The average Bonchev–Trinajstić information content (AvgIpc) is 2.66. The highest BCUT2D eigenvalue weighted by atomic mass is 28.2. The third-order valence-corrected chi connectivity index (χ3v) is 1.47. The fourth-order valence-electron chi connectivity index (χ4n) is 0.786. The van der Waals surface area contributed by atoms with E-state index in [0.29, 0.717) is 0 Å². The molecule has 1 N–H and O–H groups in total. The van der Waals surface area contributed by atoms with Crippen LogP contribution in [0.1, 0.15) is 0 Å². The van der Waals surface area contributed by atoms with Crippen LogP contribution in [-0.2, 0) is 4.43 Å². The van der Waals surface area contributed by atoms with E-state index in [1.807, 2.05) is 24.3 Å². The molecule has 2 aromatic rings. The lowest BCUT2D eigenvalue weighted by atomic mass is 10.3. The number of hydrogen-bond acceptors (Lipinski definition) is 3. The van der Waals surface area contributed by atoms with Crippen molar-refractivity contribution in [3.8, 4) is 0 Å². The Labute approximate surface area is 79.2 Å².